The third kappa shape index (κ3) is 52.2. The lowest BCUT2D eigenvalue weighted by atomic mass is 10.0. The van der Waals surface area contributed by atoms with E-state index in [1.165, 1.54) is 167 Å². The van der Waals surface area contributed by atoms with Crippen molar-refractivity contribution in [3.05, 3.63) is 48.6 Å². The molecular formula is C59H106O6. The molecular weight excluding hydrogens is 805 g/mol. The van der Waals surface area contributed by atoms with E-state index in [4.69, 9.17) is 14.2 Å². The van der Waals surface area contributed by atoms with Crippen LogP contribution in [0.2, 0.25) is 0 Å². The molecule has 0 radical (unpaired) electrons. The molecule has 6 heteroatoms. The molecule has 0 N–H and O–H groups in total. The molecule has 0 aromatic carbocycles. The van der Waals surface area contributed by atoms with E-state index in [0.717, 1.165) is 77.0 Å². The lowest BCUT2D eigenvalue weighted by molar-refractivity contribution is -0.167. The molecule has 1 unspecified atom stereocenters. The fourth-order valence-electron chi connectivity index (χ4n) is 8.14. The number of rotatable bonds is 51. The van der Waals surface area contributed by atoms with Gasteiger partial charge in [0.15, 0.2) is 6.10 Å². The molecule has 0 saturated carbocycles. The Bertz CT molecular complexity index is 1140. The Kier molecular flexibility index (Phi) is 51.8. The number of hydrogen-bond donors (Lipinski definition) is 0. The van der Waals surface area contributed by atoms with Crippen molar-refractivity contribution in [2.45, 2.75) is 297 Å². The summed E-state index contributed by atoms with van der Waals surface area (Å²) in [7, 11) is 0. The summed E-state index contributed by atoms with van der Waals surface area (Å²) in [6, 6.07) is 0. The highest BCUT2D eigenvalue weighted by Gasteiger charge is 2.19. The lowest BCUT2D eigenvalue weighted by Gasteiger charge is -2.18. The number of carbonyl (C=O) groups is 3. The van der Waals surface area contributed by atoms with Gasteiger partial charge in [0.05, 0.1) is 0 Å². The predicted molar refractivity (Wildman–Crippen MR) is 279 cm³/mol. The lowest BCUT2D eigenvalue weighted by Crippen LogP contribution is -2.30. The summed E-state index contributed by atoms with van der Waals surface area (Å²) < 4.78 is 16.8. The second kappa shape index (κ2) is 54.0. The van der Waals surface area contributed by atoms with Gasteiger partial charge in [-0.1, -0.05) is 262 Å². The largest absolute Gasteiger partial charge is 0.462 e. The van der Waals surface area contributed by atoms with E-state index in [0.29, 0.717) is 19.3 Å². The van der Waals surface area contributed by atoms with Gasteiger partial charge in [-0.25, -0.2) is 0 Å². The van der Waals surface area contributed by atoms with E-state index in [9.17, 15) is 14.4 Å². The minimum atomic E-state index is -0.790. The van der Waals surface area contributed by atoms with Crippen LogP contribution < -0.4 is 0 Å². The van der Waals surface area contributed by atoms with Crippen molar-refractivity contribution in [2.24, 2.45) is 0 Å². The second-order valence-corrected chi connectivity index (χ2v) is 18.8. The maximum absolute atomic E-state index is 12.8. The number of unbranched alkanes of at least 4 members (excludes halogenated alkanes) is 32. The van der Waals surface area contributed by atoms with Gasteiger partial charge in [0, 0.05) is 19.3 Å². The molecule has 0 saturated heterocycles. The number of carbonyl (C=O) groups excluding carboxylic acids is 3. The van der Waals surface area contributed by atoms with E-state index in [1.54, 1.807) is 0 Å². The molecule has 378 valence electrons. The average Bonchev–Trinajstić information content (AvgIpc) is 3.30. The van der Waals surface area contributed by atoms with Crippen molar-refractivity contribution in [3.63, 3.8) is 0 Å². The number of allylic oxidation sites excluding steroid dienone is 8. The SMILES string of the molecule is CC/C=C\C/C=C\C/C=C\C/C=C\CCCCC(=O)OC(COC(=O)CCCCCCCCCCCCCC)COC(=O)CCCCCCCCCCCCCCCCCCCCCC. The van der Waals surface area contributed by atoms with Crippen molar-refractivity contribution in [2.75, 3.05) is 13.2 Å². The molecule has 0 aromatic heterocycles. The van der Waals surface area contributed by atoms with Gasteiger partial charge in [0.25, 0.3) is 0 Å². The molecule has 0 aliphatic rings. The topological polar surface area (TPSA) is 78.9 Å². The van der Waals surface area contributed by atoms with Crippen molar-refractivity contribution < 1.29 is 28.6 Å². The number of esters is 3. The van der Waals surface area contributed by atoms with Crippen molar-refractivity contribution in [3.8, 4) is 0 Å². The first-order chi connectivity index (χ1) is 32.0. The van der Waals surface area contributed by atoms with Crippen LogP contribution in [0.1, 0.15) is 290 Å². The fourth-order valence-corrected chi connectivity index (χ4v) is 8.14. The van der Waals surface area contributed by atoms with Crippen LogP contribution in [0.4, 0.5) is 0 Å². The predicted octanol–water partition coefficient (Wildman–Crippen LogP) is 18.7. The molecule has 0 aromatic rings. The van der Waals surface area contributed by atoms with Gasteiger partial charge in [-0.05, 0) is 57.8 Å². The highest BCUT2D eigenvalue weighted by atomic mass is 16.6. The summed E-state index contributed by atoms with van der Waals surface area (Å²) in [6.07, 6.45) is 65.4. The first-order valence-corrected chi connectivity index (χ1v) is 28.1. The molecule has 0 aliphatic heterocycles. The number of hydrogen-bond acceptors (Lipinski definition) is 6. The summed E-state index contributed by atoms with van der Waals surface area (Å²) in [6.45, 7) is 6.52. The first-order valence-electron chi connectivity index (χ1n) is 28.1. The quantitative estimate of drug-likeness (QED) is 0.0262. The Labute approximate surface area is 403 Å². The van der Waals surface area contributed by atoms with Crippen LogP contribution in [0.3, 0.4) is 0 Å². The maximum atomic E-state index is 12.8. The van der Waals surface area contributed by atoms with Crippen LogP contribution in [0.15, 0.2) is 48.6 Å². The third-order valence-electron chi connectivity index (χ3n) is 12.3. The summed E-state index contributed by atoms with van der Waals surface area (Å²) in [5.41, 5.74) is 0. The summed E-state index contributed by atoms with van der Waals surface area (Å²) in [5, 5.41) is 0. The van der Waals surface area contributed by atoms with Crippen molar-refractivity contribution in [1.82, 2.24) is 0 Å². The summed E-state index contributed by atoms with van der Waals surface area (Å²) >= 11 is 0. The number of ether oxygens (including phenoxy) is 3. The van der Waals surface area contributed by atoms with Gasteiger partial charge >= 0.3 is 17.9 Å². The zero-order valence-corrected chi connectivity index (χ0v) is 43.3. The Balaban J connectivity index is 4.34. The van der Waals surface area contributed by atoms with E-state index in [-0.39, 0.29) is 37.5 Å². The zero-order valence-electron chi connectivity index (χ0n) is 43.3. The van der Waals surface area contributed by atoms with Crippen LogP contribution in [-0.2, 0) is 28.6 Å². The first kappa shape index (κ1) is 62.4. The highest BCUT2D eigenvalue weighted by molar-refractivity contribution is 5.71. The minimum Gasteiger partial charge on any atom is -0.462 e. The Morgan fingerprint density at radius 2 is 0.600 bits per heavy atom. The summed E-state index contributed by atoms with van der Waals surface area (Å²) in [4.78, 5) is 38.0. The maximum Gasteiger partial charge on any atom is 0.306 e. The zero-order chi connectivity index (χ0) is 47.2. The van der Waals surface area contributed by atoms with E-state index in [1.807, 2.05) is 0 Å². The third-order valence-corrected chi connectivity index (χ3v) is 12.3. The van der Waals surface area contributed by atoms with Crippen LogP contribution in [0.5, 0.6) is 0 Å². The molecule has 6 nitrogen and oxygen atoms in total. The highest BCUT2D eigenvalue weighted by Crippen LogP contribution is 2.17. The smallest absolute Gasteiger partial charge is 0.306 e. The summed E-state index contributed by atoms with van der Waals surface area (Å²) in [5.74, 6) is -0.914. The van der Waals surface area contributed by atoms with Crippen molar-refractivity contribution >= 4 is 17.9 Å². The van der Waals surface area contributed by atoms with Gasteiger partial charge in [-0.2, -0.15) is 0 Å². The molecule has 0 bridgehead atoms. The van der Waals surface area contributed by atoms with Gasteiger partial charge in [-0.3, -0.25) is 14.4 Å². The van der Waals surface area contributed by atoms with Gasteiger partial charge < -0.3 is 14.2 Å². The molecule has 0 amide bonds. The molecule has 0 aliphatic carbocycles. The normalized spacial score (nSPS) is 12.4. The molecule has 0 fully saturated rings. The molecule has 0 spiro atoms. The van der Waals surface area contributed by atoms with Crippen LogP contribution in [0, 0.1) is 0 Å². The Morgan fingerprint density at radius 3 is 0.938 bits per heavy atom. The Morgan fingerprint density at radius 1 is 0.323 bits per heavy atom. The van der Waals surface area contributed by atoms with E-state index >= 15 is 0 Å². The van der Waals surface area contributed by atoms with Crippen LogP contribution in [-0.4, -0.2) is 37.2 Å². The second-order valence-electron chi connectivity index (χ2n) is 18.8. The molecule has 65 heavy (non-hydrogen) atoms. The monoisotopic (exact) mass is 911 g/mol. The molecule has 0 heterocycles. The van der Waals surface area contributed by atoms with E-state index in [2.05, 4.69) is 69.4 Å². The molecule has 0 rings (SSSR count). The minimum absolute atomic E-state index is 0.0857. The standard InChI is InChI=1S/C59H106O6/c1-4-7-10-13-16-19-22-25-27-28-29-30-31-33-34-37-40-43-46-49-52-58(61)64-55-56(54-63-57(60)51-48-45-42-39-36-24-21-18-15-12-9-6-3)65-59(62)53-50-47-44-41-38-35-32-26-23-20-17-14-11-8-5-2/h8,11,17,20,26,32,38,41,56H,4-7,9-10,12-16,18-19,21-25,27-31,33-37,39-40,42-55H2,1-3H3/b11-8-,20-17-,32-26-,41-38-. The van der Waals surface area contributed by atoms with Gasteiger partial charge in [0.1, 0.15) is 13.2 Å². The average molecular weight is 911 g/mol. The van der Waals surface area contributed by atoms with Gasteiger partial charge in [-0.15, -0.1) is 0 Å². The van der Waals surface area contributed by atoms with E-state index < -0.39 is 6.10 Å². The van der Waals surface area contributed by atoms with Crippen molar-refractivity contribution in [1.29, 1.82) is 0 Å². The van der Waals surface area contributed by atoms with Gasteiger partial charge in [0.2, 0.25) is 0 Å². The Hall–Kier alpha value is -2.63. The van der Waals surface area contributed by atoms with Crippen LogP contribution in [0.25, 0.3) is 0 Å². The van der Waals surface area contributed by atoms with Crippen LogP contribution >= 0.6 is 0 Å². The molecule has 1 atom stereocenters. The fraction of sp³-hybridized carbons (Fsp3) is 0.814.